The smallest absolute Gasteiger partial charge is 0.294 e. The average Bonchev–Trinajstić information content (AvgIpc) is 3.14. The molecule has 26 heavy (non-hydrogen) atoms. The van der Waals surface area contributed by atoms with Crippen molar-refractivity contribution >= 4 is 11.7 Å². The summed E-state index contributed by atoms with van der Waals surface area (Å²) in [6.45, 7) is 4.22. The molecule has 0 aromatic carbocycles. The number of aryl methyl sites for hydroxylation is 1. The van der Waals surface area contributed by atoms with E-state index in [2.05, 4.69) is 20.0 Å². The second-order valence-electron chi connectivity index (χ2n) is 6.20. The summed E-state index contributed by atoms with van der Waals surface area (Å²) in [7, 11) is 1.73. The van der Waals surface area contributed by atoms with Gasteiger partial charge in [0.15, 0.2) is 5.82 Å². The lowest BCUT2D eigenvalue weighted by atomic mass is 10.2. The zero-order chi connectivity index (χ0) is 17.9. The summed E-state index contributed by atoms with van der Waals surface area (Å²) >= 11 is 0. The van der Waals surface area contributed by atoms with E-state index >= 15 is 0 Å². The number of aromatic nitrogens is 5. The van der Waals surface area contributed by atoms with Gasteiger partial charge in [0.1, 0.15) is 18.2 Å². The average molecular weight is 359 g/mol. The Balaban J connectivity index is 1.59. The molecular formula is C16H21N7O3. The highest BCUT2D eigenvalue weighted by Gasteiger charge is 2.33. The van der Waals surface area contributed by atoms with Gasteiger partial charge >= 0.3 is 0 Å². The minimum absolute atomic E-state index is 0.170. The van der Waals surface area contributed by atoms with Crippen LogP contribution in [0.25, 0.3) is 0 Å². The molecule has 0 N–H and O–H groups in total. The standard InChI is InChI=1S/C16H21N7O3/c1-21-11-18-15(20-21)16(24)23-6-9-26-10-12(23)14-17-3-2-13(19-14)22-4-7-25-8-5-22/h2-3,11-12H,4-10H2,1H3/t12-/m0/s1. The van der Waals surface area contributed by atoms with Crippen molar-refractivity contribution in [2.75, 3.05) is 51.0 Å². The van der Waals surface area contributed by atoms with Gasteiger partial charge in [0, 0.05) is 32.9 Å². The number of hydrogen-bond acceptors (Lipinski definition) is 8. The molecule has 2 saturated heterocycles. The van der Waals surface area contributed by atoms with E-state index in [1.807, 2.05) is 6.07 Å². The van der Waals surface area contributed by atoms with Gasteiger partial charge < -0.3 is 19.3 Å². The number of amides is 1. The fourth-order valence-electron chi connectivity index (χ4n) is 3.12. The van der Waals surface area contributed by atoms with Crippen molar-refractivity contribution in [1.82, 2.24) is 29.6 Å². The number of hydrogen-bond donors (Lipinski definition) is 0. The molecule has 0 aliphatic carbocycles. The van der Waals surface area contributed by atoms with Crippen LogP contribution in [0.4, 0.5) is 5.82 Å². The molecule has 1 amide bonds. The molecule has 2 aromatic rings. The first kappa shape index (κ1) is 16.9. The molecule has 2 aliphatic heterocycles. The first-order valence-corrected chi connectivity index (χ1v) is 8.62. The van der Waals surface area contributed by atoms with Crippen LogP contribution in [0.3, 0.4) is 0 Å². The summed E-state index contributed by atoms with van der Waals surface area (Å²) in [5.74, 6) is 1.34. The highest BCUT2D eigenvalue weighted by Crippen LogP contribution is 2.24. The zero-order valence-corrected chi connectivity index (χ0v) is 14.6. The van der Waals surface area contributed by atoms with Crippen molar-refractivity contribution in [1.29, 1.82) is 0 Å². The van der Waals surface area contributed by atoms with Crippen molar-refractivity contribution in [3.05, 3.63) is 30.2 Å². The molecule has 0 radical (unpaired) electrons. The highest BCUT2D eigenvalue weighted by molar-refractivity contribution is 5.90. The summed E-state index contributed by atoms with van der Waals surface area (Å²) in [5.41, 5.74) is 0. The van der Waals surface area contributed by atoms with Crippen molar-refractivity contribution in [3.63, 3.8) is 0 Å². The minimum Gasteiger partial charge on any atom is -0.378 e. The summed E-state index contributed by atoms with van der Waals surface area (Å²) < 4.78 is 12.5. The van der Waals surface area contributed by atoms with Crippen LogP contribution in [0, 0.1) is 0 Å². The summed E-state index contributed by atoms with van der Waals surface area (Å²) in [4.78, 5) is 29.8. The predicted molar refractivity (Wildman–Crippen MR) is 90.7 cm³/mol. The van der Waals surface area contributed by atoms with Gasteiger partial charge in [0.25, 0.3) is 5.91 Å². The molecule has 0 saturated carbocycles. The third-order valence-corrected chi connectivity index (χ3v) is 4.47. The SMILES string of the molecule is Cn1cnc(C(=O)N2CCOC[C@H]2c2nccc(N3CCOCC3)n2)n1. The number of morpholine rings is 2. The van der Waals surface area contributed by atoms with Gasteiger partial charge in [-0.05, 0) is 6.07 Å². The number of carbonyl (C=O) groups excluding carboxylic acids is 1. The van der Waals surface area contributed by atoms with E-state index in [1.54, 1.807) is 18.1 Å². The Bertz CT molecular complexity index is 775. The van der Waals surface area contributed by atoms with Crippen LogP contribution < -0.4 is 4.90 Å². The topological polar surface area (TPSA) is 98.5 Å². The van der Waals surface area contributed by atoms with E-state index in [1.165, 1.54) is 11.0 Å². The van der Waals surface area contributed by atoms with Gasteiger partial charge in [0.05, 0.1) is 26.4 Å². The van der Waals surface area contributed by atoms with Gasteiger partial charge in [-0.2, -0.15) is 0 Å². The monoisotopic (exact) mass is 359 g/mol. The predicted octanol–water partition coefficient (Wildman–Crippen LogP) is -0.345. The van der Waals surface area contributed by atoms with E-state index in [9.17, 15) is 4.79 Å². The van der Waals surface area contributed by atoms with Gasteiger partial charge in [-0.3, -0.25) is 9.48 Å². The highest BCUT2D eigenvalue weighted by atomic mass is 16.5. The van der Waals surface area contributed by atoms with Crippen LogP contribution >= 0.6 is 0 Å². The second kappa shape index (κ2) is 7.34. The molecule has 4 heterocycles. The van der Waals surface area contributed by atoms with Crippen LogP contribution in [-0.4, -0.2) is 81.6 Å². The molecule has 0 spiro atoms. The van der Waals surface area contributed by atoms with E-state index in [-0.39, 0.29) is 17.8 Å². The van der Waals surface area contributed by atoms with Crippen LogP contribution in [0.5, 0.6) is 0 Å². The molecule has 0 unspecified atom stereocenters. The first-order chi connectivity index (χ1) is 12.7. The largest absolute Gasteiger partial charge is 0.378 e. The van der Waals surface area contributed by atoms with Crippen LogP contribution in [0.15, 0.2) is 18.6 Å². The lowest BCUT2D eigenvalue weighted by molar-refractivity contribution is -0.00585. The third kappa shape index (κ3) is 3.37. The Labute approximate surface area is 150 Å². The van der Waals surface area contributed by atoms with Gasteiger partial charge in [-0.25, -0.2) is 15.0 Å². The Hall–Kier alpha value is -2.59. The van der Waals surface area contributed by atoms with Gasteiger partial charge in [-0.15, -0.1) is 5.10 Å². The van der Waals surface area contributed by atoms with Crippen molar-refractivity contribution in [2.24, 2.45) is 7.05 Å². The Morgan fingerprint density at radius 3 is 2.73 bits per heavy atom. The van der Waals surface area contributed by atoms with E-state index in [0.717, 1.165) is 18.9 Å². The summed E-state index contributed by atoms with van der Waals surface area (Å²) in [5, 5.41) is 4.12. The number of nitrogens with zero attached hydrogens (tertiary/aromatic N) is 7. The molecule has 138 valence electrons. The van der Waals surface area contributed by atoms with Crippen LogP contribution in [-0.2, 0) is 16.5 Å². The summed E-state index contributed by atoms with van der Waals surface area (Å²) in [6.07, 6.45) is 3.24. The zero-order valence-electron chi connectivity index (χ0n) is 14.6. The molecule has 10 nitrogen and oxygen atoms in total. The second-order valence-corrected chi connectivity index (χ2v) is 6.20. The molecule has 4 rings (SSSR count). The number of ether oxygens (including phenoxy) is 2. The molecule has 2 fully saturated rings. The molecule has 1 atom stereocenters. The molecule has 0 bridgehead atoms. The molecular weight excluding hydrogens is 338 g/mol. The van der Waals surface area contributed by atoms with Gasteiger partial charge in [0.2, 0.25) is 5.82 Å². The molecule has 2 aromatic heterocycles. The van der Waals surface area contributed by atoms with Crippen molar-refractivity contribution in [2.45, 2.75) is 6.04 Å². The lowest BCUT2D eigenvalue weighted by Crippen LogP contribution is -2.44. The van der Waals surface area contributed by atoms with Crippen LogP contribution in [0.2, 0.25) is 0 Å². The first-order valence-electron chi connectivity index (χ1n) is 8.62. The van der Waals surface area contributed by atoms with Crippen molar-refractivity contribution < 1.29 is 14.3 Å². The van der Waals surface area contributed by atoms with E-state index in [4.69, 9.17) is 14.5 Å². The molecule has 10 heteroatoms. The maximum atomic E-state index is 12.8. The Morgan fingerprint density at radius 2 is 1.96 bits per heavy atom. The van der Waals surface area contributed by atoms with Crippen molar-refractivity contribution in [3.8, 4) is 0 Å². The van der Waals surface area contributed by atoms with E-state index < -0.39 is 0 Å². The Morgan fingerprint density at radius 1 is 1.15 bits per heavy atom. The number of carbonyl (C=O) groups is 1. The fourth-order valence-corrected chi connectivity index (χ4v) is 3.12. The number of rotatable bonds is 3. The van der Waals surface area contributed by atoms with E-state index in [0.29, 0.717) is 38.8 Å². The lowest BCUT2D eigenvalue weighted by Gasteiger charge is -2.34. The summed E-state index contributed by atoms with van der Waals surface area (Å²) in [6, 6.07) is 1.52. The van der Waals surface area contributed by atoms with Gasteiger partial charge in [-0.1, -0.05) is 0 Å². The fraction of sp³-hybridized carbons (Fsp3) is 0.562. The Kier molecular flexibility index (Phi) is 4.76. The molecule has 2 aliphatic rings. The third-order valence-electron chi connectivity index (χ3n) is 4.47. The minimum atomic E-state index is -0.360. The number of anilines is 1. The normalized spacial score (nSPS) is 21.0. The quantitative estimate of drug-likeness (QED) is 0.734. The maximum Gasteiger partial charge on any atom is 0.294 e. The maximum absolute atomic E-state index is 12.8. The van der Waals surface area contributed by atoms with Crippen LogP contribution in [0.1, 0.15) is 22.5 Å².